The third kappa shape index (κ3) is 7.37. The molecule has 0 spiro atoms. The van der Waals surface area contributed by atoms with Gasteiger partial charge in [0.25, 0.3) is 0 Å². The summed E-state index contributed by atoms with van der Waals surface area (Å²) in [5, 5.41) is 8.88. The van der Waals surface area contributed by atoms with Crippen molar-refractivity contribution in [2.45, 2.75) is 47.0 Å². The highest BCUT2D eigenvalue weighted by Crippen LogP contribution is 2.22. The third-order valence-corrected chi connectivity index (χ3v) is 2.51. The van der Waals surface area contributed by atoms with Crippen molar-refractivity contribution in [3.05, 3.63) is 0 Å². The van der Waals surface area contributed by atoms with E-state index < -0.39 is 11.4 Å². The highest BCUT2D eigenvalue weighted by Gasteiger charge is 2.25. The van der Waals surface area contributed by atoms with Gasteiger partial charge in [-0.25, -0.2) is 0 Å². The van der Waals surface area contributed by atoms with Crippen LogP contribution in [0.1, 0.15) is 47.0 Å². The number of carboxylic acid groups (broad SMARTS) is 1. The molecule has 0 saturated heterocycles. The molecule has 15 heavy (non-hydrogen) atoms. The van der Waals surface area contributed by atoms with E-state index in [9.17, 15) is 4.79 Å². The van der Waals surface area contributed by atoms with Gasteiger partial charge in [-0.2, -0.15) is 0 Å². The summed E-state index contributed by atoms with van der Waals surface area (Å²) in [4.78, 5) is 10.8. The van der Waals surface area contributed by atoms with Gasteiger partial charge >= 0.3 is 5.97 Å². The van der Waals surface area contributed by atoms with E-state index in [0.717, 1.165) is 19.4 Å². The Morgan fingerprint density at radius 3 is 2.40 bits per heavy atom. The van der Waals surface area contributed by atoms with E-state index in [4.69, 9.17) is 9.84 Å². The summed E-state index contributed by atoms with van der Waals surface area (Å²) in [5.41, 5.74) is -0.624. The Morgan fingerprint density at radius 2 is 1.93 bits per heavy atom. The van der Waals surface area contributed by atoms with E-state index in [1.165, 1.54) is 0 Å². The van der Waals surface area contributed by atoms with Crippen molar-refractivity contribution in [2.24, 2.45) is 11.3 Å². The minimum atomic E-state index is -0.732. The molecular weight excluding hydrogens is 192 g/mol. The van der Waals surface area contributed by atoms with Crippen molar-refractivity contribution in [3.63, 3.8) is 0 Å². The van der Waals surface area contributed by atoms with Crippen molar-refractivity contribution < 1.29 is 14.6 Å². The van der Waals surface area contributed by atoms with Crippen molar-refractivity contribution >= 4 is 5.97 Å². The van der Waals surface area contributed by atoms with Crippen LogP contribution in [0.15, 0.2) is 0 Å². The van der Waals surface area contributed by atoms with E-state index in [1.54, 1.807) is 13.8 Å². The predicted octanol–water partition coefficient (Wildman–Crippen LogP) is 2.94. The summed E-state index contributed by atoms with van der Waals surface area (Å²) >= 11 is 0. The largest absolute Gasteiger partial charge is 0.481 e. The minimum Gasteiger partial charge on any atom is -0.481 e. The fourth-order valence-electron chi connectivity index (χ4n) is 1.14. The lowest BCUT2D eigenvalue weighted by molar-refractivity contribution is -0.147. The number of carboxylic acids is 1. The zero-order chi connectivity index (χ0) is 11.9. The summed E-state index contributed by atoms with van der Waals surface area (Å²) in [5.74, 6) is -0.0647. The Morgan fingerprint density at radius 1 is 1.33 bits per heavy atom. The first-order valence-electron chi connectivity index (χ1n) is 5.67. The van der Waals surface area contributed by atoms with Crippen LogP contribution in [0.4, 0.5) is 0 Å². The molecule has 0 aromatic heterocycles. The molecule has 0 rings (SSSR count). The standard InChI is InChI=1S/C12H24O3/c1-10(2)6-9-15-8-5-7-12(3,4)11(13)14/h10H,5-9H2,1-4H3,(H,13,14). The number of hydrogen-bond donors (Lipinski definition) is 1. The summed E-state index contributed by atoms with van der Waals surface area (Å²) in [6, 6.07) is 0. The molecule has 0 aliphatic heterocycles. The van der Waals surface area contributed by atoms with Gasteiger partial charge < -0.3 is 9.84 Å². The Hall–Kier alpha value is -0.570. The first kappa shape index (κ1) is 14.4. The predicted molar refractivity (Wildman–Crippen MR) is 60.9 cm³/mol. The molecule has 0 unspecified atom stereocenters. The molecule has 0 aliphatic rings. The minimum absolute atomic E-state index is 0.624. The second kappa shape index (κ2) is 6.83. The molecule has 0 saturated carbocycles. The molecule has 1 N–H and O–H groups in total. The van der Waals surface area contributed by atoms with Crippen LogP contribution in [0.25, 0.3) is 0 Å². The number of rotatable bonds is 8. The van der Waals surface area contributed by atoms with Gasteiger partial charge in [0.15, 0.2) is 0 Å². The average molecular weight is 216 g/mol. The Labute approximate surface area is 92.8 Å². The van der Waals surface area contributed by atoms with Gasteiger partial charge in [-0.05, 0) is 39.0 Å². The molecule has 0 fully saturated rings. The Bertz CT molecular complexity index is 185. The Kier molecular flexibility index (Phi) is 6.57. The van der Waals surface area contributed by atoms with Crippen LogP contribution in [0, 0.1) is 11.3 Å². The van der Waals surface area contributed by atoms with E-state index in [-0.39, 0.29) is 0 Å². The molecule has 0 radical (unpaired) electrons. The van der Waals surface area contributed by atoms with Crippen molar-refractivity contribution in [3.8, 4) is 0 Å². The van der Waals surface area contributed by atoms with E-state index >= 15 is 0 Å². The number of ether oxygens (including phenoxy) is 1. The van der Waals surface area contributed by atoms with Gasteiger partial charge in [0.1, 0.15) is 0 Å². The van der Waals surface area contributed by atoms with Crippen LogP contribution in [0.3, 0.4) is 0 Å². The van der Waals surface area contributed by atoms with Crippen LogP contribution < -0.4 is 0 Å². The lowest BCUT2D eigenvalue weighted by atomic mass is 9.88. The molecule has 0 heterocycles. The molecule has 3 nitrogen and oxygen atoms in total. The van der Waals surface area contributed by atoms with Crippen LogP contribution in [-0.2, 0) is 9.53 Å². The molecule has 0 atom stereocenters. The molecule has 90 valence electrons. The first-order chi connectivity index (χ1) is 6.86. The highest BCUT2D eigenvalue weighted by atomic mass is 16.5. The third-order valence-electron chi connectivity index (χ3n) is 2.51. The van der Waals surface area contributed by atoms with Crippen LogP contribution >= 0.6 is 0 Å². The molecule has 0 aliphatic carbocycles. The maximum Gasteiger partial charge on any atom is 0.309 e. The zero-order valence-corrected chi connectivity index (χ0v) is 10.4. The molecular formula is C12H24O3. The smallest absolute Gasteiger partial charge is 0.309 e. The lowest BCUT2D eigenvalue weighted by Crippen LogP contribution is -2.23. The second-order valence-corrected chi connectivity index (χ2v) is 5.09. The van der Waals surface area contributed by atoms with Gasteiger partial charge in [0.2, 0.25) is 0 Å². The fraction of sp³-hybridized carbons (Fsp3) is 0.917. The summed E-state index contributed by atoms with van der Waals surface area (Å²) in [6.07, 6.45) is 2.56. The molecule has 0 aromatic carbocycles. The SMILES string of the molecule is CC(C)CCOCCCC(C)(C)C(=O)O. The maximum absolute atomic E-state index is 10.8. The van der Waals surface area contributed by atoms with Gasteiger partial charge in [-0.3, -0.25) is 4.79 Å². The maximum atomic E-state index is 10.8. The normalized spacial score (nSPS) is 12.1. The summed E-state index contributed by atoms with van der Waals surface area (Å²) in [7, 11) is 0. The van der Waals surface area contributed by atoms with Crippen LogP contribution in [0.2, 0.25) is 0 Å². The summed E-state index contributed by atoms with van der Waals surface area (Å²) in [6.45, 7) is 9.29. The van der Waals surface area contributed by atoms with Gasteiger partial charge in [0, 0.05) is 13.2 Å². The number of carbonyl (C=O) groups is 1. The Balaban J connectivity index is 3.43. The zero-order valence-electron chi connectivity index (χ0n) is 10.4. The quantitative estimate of drug-likeness (QED) is 0.634. The van der Waals surface area contributed by atoms with E-state index in [2.05, 4.69) is 13.8 Å². The number of hydrogen-bond acceptors (Lipinski definition) is 2. The average Bonchev–Trinajstić information content (AvgIpc) is 2.10. The van der Waals surface area contributed by atoms with Crippen molar-refractivity contribution in [2.75, 3.05) is 13.2 Å². The molecule has 0 bridgehead atoms. The first-order valence-corrected chi connectivity index (χ1v) is 5.67. The van der Waals surface area contributed by atoms with Crippen molar-refractivity contribution in [1.82, 2.24) is 0 Å². The van der Waals surface area contributed by atoms with Crippen LogP contribution in [-0.4, -0.2) is 24.3 Å². The topological polar surface area (TPSA) is 46.5 Å². The van der Waals surface area contributed by atoms with Crippen molar-refractivity contribution in [1.29, 1.82) is 0 Å². The van der Waals surface area contributed by atoms with Gasteiger partial charge in [0.05, 0.1) is 5.41 Å². The van der Waals surface area contributed by atoms with Crippen LogP contribution in [0.5, 0.6) is 0 Å². The lowest BCUT2D eigenvalue weighted by Gasteiger charge is -2.18. The van der Waals surface area contributed by atoms with Gasteiger partial charge in [-0.15, -0.1) is 0 Å². The molecule has 0 aromatic rings. The summed E-state index contributed by atoms with van der Waals surface area (Å²) < 4.78 is 5.43. The van der Waals surface area contributed by atoms with Gasteiger partial charge in [-0.1, -0.05) is 13.8 Å². The molecule has 3 heteroatoms. The number of aliphatic carboxylic acids is 1. The highest BCUT2D eigenvalue weighted by molar-refractivity contribution is 5.73. The monoisotopic (exact) mass is 216 g/mol. The fourth-order valence-corrected chi connectivity index (χ4v) is 1.14. The van der Waals surface area contributed by atoms with E-state index in [0.29, 0.717) is 18.9 Å². The second-order valence-electron chi connectivity index (χ2n) is 5.09. The molecule has 0 amide bonds. The van der Waals surface area contributed by atoms with E-state index in [1.807, 2.05) is 0 Å².